The number of rotatable bonds is 4. The van der Waals surface area contributed by atoms with Crippen molar-refractivity contribution in [3.05, 3.63) is 24.9 Å². The fourth-order valence-corrected chi connectivity index (χ4v) is 2.88. The first-order valence-electron chi connectivity index (χ1n) is 6.52. The Labute approximate surface area is 106 Å². The summed E-state index contributed by atoms with van der Waals surface area (Å²) in [6.45, 7) is 0.271. The van der Waals surface area contributed by atoms with Crippen LogP contribution in [0.5, 0.6) is 0 Å². The van der Waals surface area contributed by atoms with Gasteiger partial charge in [0.1, 0.15) is 5.52 Å². The highest BCUT2D eigenvalue weighted by Gasteiger charge is 2.27. The van der Waals surface area contributed by atoms with Gasteiger partial charge >= 0.3 is 0 Å². The Hall–Kier alpha value is -1.62. The molecule has 1 aliphatic rings. The van der Waals surface area contributed by atoms with Crippen molar-refractivity contribution in [2.45, 2.75) is 31.7 Å². The minimum atomic E-state index is 0.271. The Morgan fingerprint density at radius 1 is 1.44 bits per heavy atom. The third-order valence-electron chi connectivity index (χ3n) is 3.82. The second-order valence-electron chi connectivity index (χ2n) is 4.92. The summed E-state index contributed by atoms with van der Waals surface area (Å²) >= 11 is 0. The van der Waals surface area contributed by atoms with E-state index in [4.69, 9.17) is 5.11 Å². The van der Waals surface area contributed by atoms with Crippen molar-refractivity contribution in [2.24, 2.45) is 5.92 Å². The molecule has 2 atom stereocenters. The predicted octanol–water partition coefficient (Wildman–Crippen LogP) is 1.69. The number of hydrogen-bond acceptors (Lipinski definition) is 4. The molecule has 1 aliphatic carbocycles. The van der Waals surface area contributed by atoms with Crippen molar-refractivity contribution in [1.29, 1.82) is 0 Å². The highest BCUT2D eigenvalue weighted by molar-refractivity contribution is 5.66. The first-order valence-corrected chi connectivity index (χ1v) is 6.52. The molecule has 0 radical (unpaired) electrons. The molecule has 0 bridgehead atoms. The Morgan fingerprint density at radius 3 is 3.28 bits per heavy atom. The zero-order valence-corrected chi connectivity index (χ0v) is 10.3. The van der Waals surface area contributed by atoms with Crippen LogP contribution in [0.25, 0.3) is 5.52 Å². The SMILES string of the molecule is OCCC1CCCC1Nc1nccn2cncc12. The smallest absolute Gasteiger partial charge is 0.152 e. The Kier molecular flexibility index (Phi) is 3.15. The number of aliphatic hydroxyl groups excluding tert-OH is 1. The van der Waals surface area contributed by atoms with Crippen LogP contribution < -0.4 is 5.32 Å². The molecule has 2 heterocycles. The lowest BCUT2D eigenvalue weighted by molar-refractivity contribution is 0.254. The first-order chi connectivity index (χ1) is 8.88. The van der Waals surface area contributed by atoms with E-state index >= 15 is 0 Å². The molecule has 3 rings (SSSR count). The normalized spacial score (nSPS) is 23.6. The largest absolute Gasteiger partial charge is 0.396 e. The topological polar surface area (TPSA) is 62.5 Å². The Bertz CT molecular complexity index is 524. The zero-order valence-electron chi connectivity index (χ0n) is 10.3. The van der Waals surface area contributed by atoms with Gasteiger partial charge in [-0.15, -0.1) is 0 Å². The van der Waals surface area contributed by atoms with Crippen molar-refractivity contribution >= 4 is 11.3 Å². The molecule has 0 saturated heterocycles. The average Bonchev–Trinajstić information content (AvgIpc) is 3.00. The maximum Gasteiger partial charge on any atom is 0.152 e. The van der Waals surface area contributed by atoms with Crippen LogP contribution in [0.4, 0.5) is 5.82 Å². The van der Waals surface area contributed by atoms with Gasteiger partial charge in [0, 0.05) is 25.0 Å². The second kappa shape index (κ2) is 4.94. The molecule has 2 unspecified atom stereocenters. The van der Waals surface area contributed by atoms with Crippen molar-refractivity contribution < 1.29 is 5.11 Å². The number of nitrogens with zero attached hydrogens (tertiary/aromatic N) is 3. The van der Waals surface area contributed by atoms with E-state index in [1.165, 1.54) is 12.8 Å². The van der Waals surface area contributed by atoms with Gasteiger partial charge < -0.3 is 14.8 Å². The maximum atomic E-state index is 9.09. The van der Waals surface area contributed by atoms with E-state index in [-0.39, 0.29) is 6.61 Å². The molecular formula is C13H18N4O. The van der Waals surface area contributed by atoms with Crippen LogP contribution in [0.2, 0.25) is 0 Å². The van der Waals surface area contributed by atoms with Crippen LogP contribution in [0.1, 0.15) is 25.7 Å². The monoisotopic (exact) mass is 246 g/mol. The third-order valence-corrected chi connectivity index (χ3v) is 3.82. The van der Waals surface area contributed by atoms with Crippen LogP contribution in [-0.4, -0.2) is 32.1 Å². The molecule has 2 aromatic heterocycles. The number of imidazole rings is 1. The van der Waals surface area contributed by atoms with Gasteiger partial charge in [-0.1, -0.05) is 6.42 Å². The molecule has 0 aromatic carbocycles. The average molecular weight is 246 g/mol. The van der Waals surface area contributed by atoms with E-state index in [1.807, 2.05) is 16.8 Å². The molecule has 0 amide bonds. The number of aromatic nitrogens is 3. The maximum absolute atomic E-state index is 9.09. The minimum Gasteiger partial charge on any atom is -0.396 e. The number of fused-ring (bicyclic) bond motifs is 1. The lowest BCUT2D eigenvalue weighted by Gasteiger charge is -2.21. The van der Waals surface area contributed by atoms with Gasteiger partial charge in [-0.2, -0.15) is 0 Å². The second-order valence-corrected chi connectivity index (χ2v) is 4.92. The fourth-order valence-electron chi connectivity index (χ4n) is 2.88. The van der Waals surface area contributed by atoms with Crippen molar-refractivity contribution in [2.75, 3.05) is 11.9 Å². The van der Waals surface area contributed by atoms with Crippen molar-refractivity contribution in [1.82, 2.24) is 14.4 Å². The van der Waals surface area contributed by atoms with Gasteiger partial charge in [0.05, 0.1) is 12.5 Å². The summed E-state index contributed by atoms with van der Waals surface area (Å²) in [5, 5.41) is 12.6. The number of hydrogen-bond donors (Lipinski definition) is 2. The van der Waals surface area contributed by atoms with E-state index in [0.717, 1.165) is 24.2 Å². The van der Waals surface area contributed by atoms with Crippen molar-refractivity contribution in [3.63, 3.8) is 0 Å². The highest BCUT2D eigenvalue weighted by Crippen LogP contribution is 2.31. The molecule has 5 nitrogen and oxygen atoms in total. The van der Waals surface area contributed by atoms with E-state index in [9.17, 15) is 0 Å². The van der Waals surface area contributed by atoms with Gasteiger partial charge in [-0.25, -0.2) is 9.97 Å². The van der Waals surface area contributed by atoms with Crippen LogP contribution in [-0.2, 0) is 0 Å². The standard InChI is InChI=1S/C13H18N4O/c18-7-4-10-2-1-3-11(10)16-13-12-8-14-9-17(12)6-5-15-13/h5-6,8-11,18H,1-4,7H2,(H,15,16). The van der Waals surface area contributed by atoms with E-state index in [1.54, 1.807) is 12.5 Å². The quantitative estimate of drug-likeness (QED) is 0.861. The van der Waals surface area contributed by atoms with E-state index in [2.05, 4.69) is 15.3 Å². The number of aliphatic hydroxyl groups is 1. The van der Waals surface area contributed by atoms with Gasteiger partial charge in [0.15, 0.2) is 5.82 Å². The van der Waals surface area contributed by atoms with Crippen LogP contribution >= 0.6 is 0 Å². The molecule has 2 aromatic rings. The lowest BCUT2D eigenvalue weighted by atomic mass is 10.00. The lowest BCUT2D eigenvalue weighted by Crippen LogP contribution is -2.25. The van der Waals surface area contributed by atoms with Crippen molar-refractivity contribution in [3.8, 4) is 0 Å². The summed E-state index contributed by atoms with van der Waals surface area (Å²) in [5.74, 6) is 1.45. The molecule has 18 heavy (non-hydrogen) atoms. The van der Waals surface area contributed by atoms with Gasteiger partial charge in [0.25, 0.3) is 0 Å². The first kappa shape index (κ1) is 11.5. The molecule has 96 valence electrons. The zero-order chi connectivity index (χ0) is 12.4. The summed E-state index contributed by atoms with van der Waals surface area (Å²) in [5.41, 5.74) is 1.01. The van der Waals surface area contributed by atoms with Crippen LogP contribution in [0.15, 0.2) is 24.9 Å². The predicted molar refractivity (Wildman–Crippen MR) is 69.4 cm³/mol. The van der Waals surface area contributed by atoms with E-state index in [0.29, 0.717) is 12.0 Å². The Balaban J connectivity index is 1.81. The molecule has 0 aliphatic heterocycles. The van der Waals surface area contributed by atoms with Gasteiger partial charge in [0.2, 0.25) is 0 Å². The number of nitrogens with one attached hydrogen (secondary N) is 1. The Morgan fingerprint density at radius 2 is 2.39 bits per heavy atom. The molecular weight excluding hydrogens is 228 g/mol. The molecule has 2 N–H and O–H groups in total. The molecule has 5 heteroatoms. The summed E-state index contributed by atoms with van der Waals surface area (Å²) in [7, 11) is 0. The van der Waals surface area contributed by atoms with Gasteiger partial charge in [-0.3, -0.25) is 0 Å². The molecule has 1 fully saturated rings. The summed E-state index contributed by atoms with van der Waals surface area (Å²) < 4.78 is 1.96. The summed E-state index contributed by atoms with van der Waals surface area (Å²) in [6, 6.07) is 0.422. The van der Waals surface area contributed by atoms with Crippen LogP contribution in [0.3, 0.4) is 0 Å². The summed E-state index contributed by atoms with van der Waals surface area (Å²) in [6.07, 6.45) is 11.7. The number of anilines is 1. The summed E-state index contributed by atoms with van der Waals surface area (Å²) in [4.78, 5) is 8.54. The van der Waals surface area contributed by atoms with Crippen LogP contribution in [0, 0.1) is 5.92 Å². The van der Waals surface area contributed by atoms with Gasteiger partial charge in [-0.05, 0) is 25.2 Å². The molecule has 0 spiro atoms. The van der Waals surface area contributed by atoms with E-state index < -0.39 is 0 Å². The molecule has 1 saturated carbocycles. The highest BCUT2D eigenvalue weighted by atomic mass is 16.3. The fraction of sp³-hybridized carbons (Fsp3) is 0.538. The minimum absolute atomic E-state index is 0.271. The third kappa shape index (κ3) is 2.06.